The second-order valence-corrected chi connectivity index (χ2v) is 12.3. The summed E-state index contributed by atoms with van der Waals surface area (Å²) in [5.41, 5.74) is 0. The van der Waals surface area contributed by atoms with Crippen molar-refractivity contribution in [2.75, 3.05) is 38.7 Å². The molecule has 2 aliphatic heterocycles. The van der Waals surface area contributed by atoms with Crippen molar-refractivity contribution in [3.05, 3.63) is 0 Å². The monoisotopic (exact) mass is 452 g/mol. The number of fused-ring (bicyclic) bond motifs is 3. The molecule has 2 N–H and O–H groups in total. The summed E-state index contributed by atoms with van der Waals surface area (Å²) < 4.78 is 50.7. The molecular formula is C17H32N4O6S2. The van der Waals surface area contributed by atoms with Crippen LogP contribution in [0.25, 0.3) is 0 Å². The second kappa shape index (κ2) is 9.27. The summed E-state index contributed by atoms with van der Waals surface area (Å²) >= 11 is 0. The predicted octanol–water partition coefficient (Wildman–Crippen LogP) is -1.05. The van der Waals surface area contributed by atoms with Gasteiger partial charge < -0.3 is 10.2 Å². The Morgan fingerprint density at radius 3 is 2.38 bits per heavy atom. The highest BCUT2D eigenvalue weighted by atomic mass is 32.2. The van der Waals surface area contributed by atoms with E-state index in [-0.39, 0.29) is 23.6 Å². The Hall–Kier alpha value is -1.24. The molecule has 10 nitrogen and oxygen atoms in total. The van der Waals surface area contributed by atoms with Crippen LogP contribution >= 0.6 is 0 Å². The third-order valence-corrected chi connectivity index (χ3v) is 8.95. The van der Waals surface area contributed by atoms with E-state index in [9.17, 15) is 26.4 Å². The highest BCUT2D eigenvalue weighted by Crippen LogP contribution is 2.39. The van der Waals surface area contributed by atoms with Crippen molar-refractivity contribution < 1.29 is 26.4 Å². The Kier molecular flexibility index (Phi) is 7.68. The Morgan fingerprint density at radius 1 is 1.17 bits per heavy atom. The van der Waals surface area contributed by atoms with Crippen LogP contribution in [-0.4, -0.2) is 88.6 Å². The number of nitrogens with zero attached hydrogens (tertiary/aromatic N) is 2. The molecule has 3 fully saturated rings. The average molecular weight is 453 g/mol. The summed E-state index contributed by atoms with van der Waals surface area (Å²) in [5, 5.41) is 2.78. The Balaban J connectivity index is 1.97. The van der Waals surface area contributed by atoms with Crippen molar-refractivity contribution in [1.82, 2.24) is 19.2 Å². The van der Waals surface area contributed by atoms with Crippen molar-refractivity contribution in [1.29, 1.82) is 0 Å². The normalized spacial score (nSPS) is 25.8. The molecule has 0 radical (unpaired) electrons. The van der Waals surface area contributed by atoms with Gasteiger partial charge in [-0.15, -0.1) is 0 Å². The van der Waals surface area contributed by atoms with Gasteiger partial charge in [0.25, 0.3) is 0 Å². The number of piperidine rings is 2. The van der Waals surface area contributed by atoms with Gasteiger partial charge in [0.2, 0.25) is 31.9 Å². The van der Waals surface area contributed by atoms with Crippen molar-refractivity contribution in [3.8, 4) is 0 Å². The van der Waals surface area contributed by atoms with Gasteiger partial charge in [-0.05, 0) is 44.9 Å². The molecule has 0 aromatic rings. The summed E-state index contributed by atoms with van der Waals surface area (Å²) in [6, 6.07) is -1.00. The first-order chi connectivity index (χ1) is 13.4. The average Bonchev–Trinajstić information content (AvgIpc) is 2.65. The summed E-state index contributed by atoms with van der Waals surface area (Å²) in [7, 11) is -4.31. The predicted molar refractivity (Wildman–Crippen MR) is 109 cm³/mol. The first-order valence-electron chi connectivity index (χ1n) is 9.83. The van der Waals surface area contributed by atoms with Crippen LogP contribution in [0, 0.1) is 11.8 Å². The maximum atomic E-state index is 12.6. The fraction of sp³-hybridized carbons (Fsp3) is 0.882. The summed E-state index contributed by atoms with van der Waals surface area (Å²) in [4.78, 5) is 26.6. The lowest BCUT2D eigenvalue weighted by atomic mass is 9.72. The van der Waals surface area contributed by atoms with Gasteiger partial charge in [0.1, 0.15) is 5.75 Å². The largest absolute Gasteiger partial charge is 0.354 e. The van der Waals surface area contributed by atoms with Crippen LogP contribution in [0.15, 0.2) is 0 Å². The summed E-state index contributed by atoms with van der Waals surface area (Å²) in [5.74, 6) is -1.19. The summed E-state index contributed by atoms with van der Waals surface area (Å²) in [6.07, 6.45) is 2.60. The van der Waals surface area contributed by atoms with Crippen LogP contribution in [0.5, 0.6) is 0 Å². The molecule has 2 heterocycles. The number of hydrogen-bond donors (Lipinski definition) is 2. The van der Waals surface area contributed by atoms with Crippen molar-refractivity contribution >= 4 is 31.9 Å². The number of carbonyl (C=O) groups is 2. The molecule has 168 valence electrons. The van der Waals surface area contributed by atoms with Crippen molar-refractivity contribution in [2.24, 2.45) is 11.8 Å². The minimum Gasteiger partial charge on any atom is -0.354 e. The molecule has 0 aromatic heterocycles. The number of sulfonamides is 2. The smallest absolute Gasteiger partial charge is 0.239 e. The van der Waals surface area contributed by atoms with Gasteiger partial charge in [-0.2, -0.15) is 0 Å². The molecule has 2 saturated heterocycles. The summed E-state index contributed by atoms with van der Waals surface area (Å²) in [6.45, 7) is 3.84. The van der Waals surface area contributed by atoms with Crippen molar-refractivity contribution in [2.45, 2.75) is 45.2 Å². The van der Waals surface area contributed by atoms with Crippen LogP contribution in [-0.2, 0) is 29.6 Å². The maximum absolute atomic E-state index is 12.6. The van der Waals surface area contributed by atoms with Crippen LogP contribution < -0.4 is 10.0 Å². The molecule has 0 spiro atoms. The van der Waals surface area contributed by atoms with Gasteiger partial charge >= 0.3 is 0 Å². The minimum absolute atomic E-state index is 0.0208. The van der Waals surface area contributed by atoms with Gasteiger partial charge in [-0.25, -0.2) is 25.9 Å². The third kappa shape index (κ3) is 6.12. The van der Waals surface area contributed by atoms with Crippen LogP contribution in [0.4, 0.5) is 0 Å². The minimum atomic E-state index is -3.63. The topological polar surface area (TPSA) is 133 Å². The molecule has 3 aliphatic rings. The van der Waals surface area contributed by atoms with E-state index in [2.05, 4.69) is 10.0 Å². The zero-order chi connectivity index (χ0) is 22.0. The molecule has 1 saturated carbocycles. The highest BCUT2D eigenvalue weighted by molar-refractivity contribution is 7.89. The zero-order valence-corrected chi connectivity index (χ0v) is 19.1. The maximum Gasteiger partial charge on any atom is 0.239 e. The molecule has 12 heteroatoms. The van der Waals surface area contributed by atoms with E-state index in [0.717, 1.165) is 23.6 Å². The third-order valence-electron chi connectivity index (χ3n) is 5.76. The van der Waals surface area contributed by atoms with Gasteiger partial charge in [0.15, 0.2) is 0 Å². The molecule has 4 unspecified atom stereocenters. The molecule has 29 heavy (non-hydrogen) atoms. The fourth-order valence-electron chi connectivity index (χ4n) is 4.00. The van der Waals surface area contributed by atoms with Crippen molar-refractivity contribution in [3.63, 3.8) is 0 Å². The highest BCUT2D eigenvalue weighted by Gasteiger charge is 2.43. The molecule has 2 amide bonds. The van der Waals surface area contributed by atoms with Crippen LogP contribution in [0.3, 0.4) is 0 Å². The SMILES string of the molecule is CCS(=O)(=O)NC(C)C(=O)NCC1CC2CCC1N(C(=O)CS(=O)(=O)N(C)C)C2. The van der Waals surface area contributed by atoms with Gasteiger partial charge in [0.05, 0.1) is 11.8 Å². The van der Waals surface area contributed by atoms with E-state index in [1.165, 1.54) is 27.9 Å². The molecular weight excluding hydrogens is 420 g/mol. The van der Waals surface area contributed by atoms with E-state index in [0.29, 0.717) is 13.1 Å². The van der Waals surface area contributed by atoms with E-state index in [1.54, 1.807) is 4.90 Å². The van der Waals surface area contributed by atoms with Gasteiger partial charge in [-0.1, -0.05) is 0 Å². The first-order valence-corrected chi connectivity index (χ1v) is 13.1. The number of carbonyl (C=O) groups excluding carboxylic acids is 2. The lowest BCUT2D eigenvalue weighted by molar-refractivity contribution is -0.138. The lowest BCUT2D eigenvalue weighted by Crippen LogP contribution is -2.59. The quantitative estimate of drug-likeness (QED) is 0.459. The number of nitrogens with one attached hydrogen (secondary N) is 2. The molecule has 1 aliphatic carbocycles. The van der Waals surface area contributed by atoms with Gasteiger partial charge in [-0.3, -0.25) is 9.59 Å². The lowest BCUT2D eigenvalue weighted by Gasteiger charge is -2.50. The Bertz CT molecular complexity index is 827. The van der Waals surface area contributed by atoms with Gasteiger partial charge in [0, 0.05) is 33.2 Å². The van der Waals surface area contributed by atoms with Crippen LogP contribution in [0.2, 0.25) is 0 Å². The van der Waals surface area contributed by atoms with E-state index < -0.39 is 43.7 Å². The number of amides is 2. The Labute approximate surface area is 173 Å². The number of rotatable bonds is 9. The van der Waals surface area contributed by atoms with E-state index >= 15 is 0 Å². The fourth-order valence-corrected chi connectivity index (χ4v) is 5.55. The first kappa shape index (κ1) is 24.0. The zero-order valence-electron chi connectivity index (χ0n) is 17.4. The van der Waals surface area contributed by atoms with E-state index in [1.807, 2.05) is 0 Å². The molecule has 3 rings (SSSR count). The van der Waals surface area contributed by atoms with E-state index in [4.69, 9.17) is 0 Å². The standard InChI is InChI=1S/C17H32N4O6S2/c1-5-28(24,25)19-12(2)17(23)18-9-14-8-13-6-7-15(14)21(10-13)16(22)11-29(26,27)20(3)4/h12-15,19H,5-11H2,1-4H3,(H,18,23). The second-order valence-electron chi connectivity index (χ2n) is 8.08. The molecule has 2 bridgehead atoms. The Morgan fingerprint density at radius 2 is 1.83 bits per heavy atom. The molecule has 4 atom stereocenters. The number of hydrogen-bond acceptors (Lipinski definition) is 6. The molecule has 0 aromatic carbocycles. The van der Waals surface area contributed by atoms with Crippen LogP contribution in [0.1, 0.15) is 33.1 Å².